The maximum atomic E-state index is 12.2. The van der Waals surface area contributed by atoms with E-state index in [2.05, 4.69) is 29.3 Å². The van der Waals surface area contributed by atoms with Crippen LogP contribution in [0.25, 0.3) is 0 Å². The molecule has 0 unspecified atom stereocenters. The van der Waals surface area contributed by atoms with Crippen LogP contribution >= 0.6 is 0 Å². The molecule has 0 radical (unpaired) electrons. The fourth-order valence-electron chi connectivity index (χ4n) is 3.56. The number of nitro groups is 1. The van der Waals surface area contributed by atoms with Crippen LogP contribution in [0.5, 0.6) is 0 Å². The summed E-state index contributed by atoms with van der Waals surface area (Å²) in [6.07, 6.45) is 0.849. The van der Waals surface area contributed by atoms with Gasteiger partial charge in [0.1, 0.15) is 0 Å². The lowest BCUT2D eigenvalue weighted by molar-refractivity contribution is -0.892. The molecule has 2 N–H and O–H groups in total. The zero-order chi connectivity index (χ0) is 19.9. The predicted molar refractivity (Wildman–Crippen MR) is 109 cm³/mol. The van der Waals surface area contributed by atoms with E-state index in [1.54, 1.807) is 12.1 Å². The monoisotopic (exact) mass is 383 g/mol. The molecule has 0 aromatic heterocycles. The fraction of sp³-hybridized carbons (Fsp3) is 0.381. The van der Waals surface area contributed by atoms with E-state index in [1.807, 2.05) is 12.1 Å². The normalized spacial score (nSPS) is 14.7. The van der Waals surface area contributed by atoms with Gasteiger partial charge in [-0.3, -0.25) is 14.9 Å². The van der Waals surface area contributed by atoms with Gasteiger partial charge in [-0.15, -0.1) is 0 Å². The number of hydrogen-bond donors (Lipinski definition) is 2. The largest absolute Gasteiger partial charge is 0.360 e. The van der Waals surface area contributed by atoms with Gasteiger partial charge in [0.2, 0.25) is 0 Å². The molecule has 0 aliphatic carbocycles. The number of piperazine rings is 1. The van der Waals surface area contributed by atoms with Crippen molar-refractivity contribution in [1.82, 2.24) is 5.32 Å². The molecule has 0 saturated carbocycles. The van der Waals surface area contributed by atoms with Crippen LogP contribution in [0.3, 0.4) is 0 Å². The molecule has 1 amide bonds. The highest BCUT2D eigenvalue weighted by Gasteiger charge is 2.22. The van der Waals surface area contributed by atoms with Crippen molar-refractivity contribution in [2.24, 2.45) is 0 Å². The van der Waals surface area contributed by atoms with Crippen molar-refractivity contribution in [3.8, 4) is 0 Å². The zero-order valence-corrected chi connectivity index (χ0v) is 16.2. The summed E-state index contributed by atoms with van der Waals surface area (Å²) in [5, 5.41) is 13.8. The van der Waals surface area contributed by atoms with E-state index in [0.717, 1.165) is 38.3 Å². The standard InChI is InChI=1S/C21H26N4O3/c1-17-4-2-3-5-18(17)10-11-22-21(26)16-23-12-14-24(15-13-23)19-6-8-20(9-7-19)25(27)28/h2-9H,10-16H2,1H3,(H,22,26)/p+1. The number of non-ortho nitro benzene ring substituents is 1. The quantitative estimate of drug-likeness (QED) is 0.552. The summed E-state index contributed by atoms with van der Waals surface area (Å²) < 4.78 is 0. The molecule has 7 nitrogen and oxygen atoms in total. The Balaban J connectivity index is 1.39. The second-order valence-electron chi connectivity index (χ2n) is 7.21. The van der Waals surface area contributed by atoms with E-state index < -0.39 is 0 Å². The van der Waals surface area contributed by atoms with Gasteiger partial charge in [-0.25, -0.2) is 0 Å². The molecule has 7 heteroatoms. The minimum atomic E-state index is -0.385. The zero-order valence-electron chi connectivity index (χ0n) is 16.2. The SMILES string of the molecule is Cc1ccccc1CCNC(=O)C[NH+]1CCN(c2ccc([N+](=O)[O-])cc2)CC1. The van der Waals surface area contributed by atoms with Crippen molar-refractivity contribution in [3.63, 3.8) is 0 Å². The first-order valence-electron chi connectivity index (χ1n) is 9.67. The van der Waals surface area contributed by atoms with E-state index in [0.29, 0.717) is 13.1 Å². The van der Waals surface area contributed by atoms with Crippen LogP contribution in [0.1, 0.15) is 11.1 Å². The van der Waals surface area contributed by atoms with Gasteiger partial charge in [0.05, 0.1) is 31.1 Å². The number of benzene rings is 2. The summed E-state index contributed by atoms with van der Waals surface area (Å²) in [5.41, 5.74) is 3.62. The lowest BCUT2D eigenvalue weighted by Crippen LogP contribution is -3.16. The highest BCUT2D eigenvalue weighted by atomic mass is 16.6. The average Bonchev–Trinajstić information content (AvgIpc) is 2.70. The maximum absolute atomic E-state index is 12.2. The topological polar surface area (TPSA) is 79.9 Å². The lowest BCUT2D eigenvalue weighted by atomic mass is 10.1. The summed E-state index contributed by atoms with van der Waals surface area (Å²) in [6, 6.07) is 14.9. The van der Waals surface area contributed by atoms with Crippen LogP contribution in [-0.4, -0.2) is 50.1 Å². The number of nitrogens with one attached hydrogen (secondary N) is 2. The Kier molecular flexibility index (Phi) is 6.60. The van der Waals surface area contributed by atoms with Gasteiger partial charge >= 0.3 is 0 Å². The third-order valence-electron chi connectivity index (χ3n) is 5.28. The minimum Gasteiger partial charge on any atom is -0.360 e. The van der Waals surface area contributed by atoms with Crippen LogP contribution in [0.2, 0.25) is 0 Å². The summed E-state index contributed by atoms with van der Waals surface area (Å²) in [6.45, 7) is 6.66. The number of anilines is 1. The highest BCUT2D eigenvalue weighted by Crippen LogP contribution is 2.19. The molecule has 2 aromatic carbocycles. The molecule has 1 saturated heterocycles. The van der Waals surface area contributed by atoms with Crippen molar-refractivity contribution in [3.05, 3.63) is 69.8 Å². The molecule has 0 bridgehead atoms. The fourth-order valence-corrected chi connectivity index (χ4v) is 3.56. The molecule has 1 aliphatic rings. The van der Waals surface area contributed by atoms with E-state index in [9.17, 15) is 14.9 Å². The van der Waals surface area contributed by atoms with Gasteiger partial charge in [-0.1, -0.05) is 24.3 Å². The first kappa shape index (κ1) is 19.8. The highest BCUT2D eigenvalue weighted by molar-refractivity contribution is 5.76. The molecule has 1 aliphatic heterocycles. The summed E-state index contributed by atoms with van der Waals surface area (Å²) in [4.78, 5) is 26.1. The van der Waals surface area contributed by atoms with Gasteiger partial charge in [0.15, 0.2) is 6.54 Å². The molecule has 1 heterocycles. The number of amides is 1. The molecule has 28 heavy (non-hydrogen) atoms. The number of nitro benzene ring substituents is 1. The van der Waals surface area contributed by atoms with E-state index in [-0.39, 0.29) is 16.5 Å². The number of carbonyl (C=O) groups is 1. The van der Waals surface area contributed by atoms with Gasteiger partial charge in [-0.2, -0.15) is 0 Å². The molecule has 1 fully saturated rings. The molecular formula is C21H27N4O3+. The van der Waals surface area contributed by atoms with Crippen molar-refractivity contribution < 1.29 is 14.6 Å². The third-order valence-corrected chi connectivity index (χ3v) is 5.28. The Hall–Kier alpha value is -2.93. The van der Waals surface area contributed by atoms with Crippen LogP contribution in [0.15, 0.2) is 48.5 Å². The first-order chi connectivity index (χ1) is 13.5. The van der Waals surface area contributed by atoms with Crippen molar-refractivity contribution >= 4 is 17.3 Å². The van der Waals surface area contributed by atoms with Crippen LogP contribution in [0, 0.1) is 17.0 Å². The predicted octanol–water partition coefficient (Wildman–Crippen LogP) is 0.967. The van der Waals surface area contributed by atoms with Crippen molar-refractivity contribution in [1.29, 1.82) is 0 Å². The molecule has 0 atom stereocenters. The Morgan fingerprint density at radius 1 is 1.14 bits per heavy atom. The number of rotatable bonds is 7. The van der Waals surface area contributed by atoms with Gasteiger partial charge in [0.25, 0.3) is 11.6 Å². The first-order valence-corrected chi connectivity index (χ1v) is 9.67. The minimum absolute atomic E-state index is 0.0902. The van der Waals surface area contributed by atoms with Crippen molar-refractivity contribution in [2.75, 3.05) is 44.2 Å². The average molecular weight is 383 g/mol. The maximum Gasteiger partial charge on any atom is 0.275 e. The lowest BCUT2D eigenvalue weighted by Gasteiger charge is -2.33. The van der Waals surface area contributed by atoms with E-state index in [4.69, 9.17) is 0 Å². The third kappa shape index (κ3) is 5.29. The Bertz CT molecular complexity index is 815. The Morgan fingerprint density at radius 3 is 2.46 bits per heavy atom. The Morgan fingerprint density at radius 2 is 1.82 bits per heavy atom. The van der Waals surface area contributed by atoms with Gasteiger partial charge < -0.3 is 15.1 Å². The van der Waals surface area contributed by atoms with Crippen LogP contribution < -0.4 is 15.1 Å². The van der Waals surface area contributed by atoms with E-state index in [1.165, 1.54) is 28.2 Å². The second kappa shape index (κ2) is 9.32. The molecule has 2 aromatic rings. The number of hydrogen-bond acceptors (Lipinski definition) is 4. The molecule has 3 rings (SSSR count). The van der Waals surface area contributed by atoms with E-state index >= 15 is 0 Å². The van der Waals surface area contributed by atoms with Gasteiger partial charge in [0, 0.05) is 24.4 Å². The number of quaternary nitrogens is 1. The molecule has 0 spiro atoms. The van der Waals surface area contributed by atoms with Gasteiger partial charge in [-0.05, 0) is 36.6 Å². The molecular weight excluding hydrogens is 356 g/mol. The smallest absolute Gasteiger partial charge is 0.275 e. The number of carbonyl (C=O) groups excluding carboxylic acids is 1. The second-order valence-corrected chi connectivity index (χ2v) is 7.21. The Labute approximate surface area is 165 Å². The van der Waals surface area contributed by atoms with Crippen molar-refractivity contribution in [2.45, 2.75) is 13.3 Å². The van der Waals surface area contributed by atoms with Crippen LogP contribution in [0.4, 0.5) is 11.4 Å². The number of nitrogens with zero attached hydrogens (tertiary/aromatic N) is 2. The summed E-state index contributed by atoms with van der Waals surface area (Å²) in [5.74, 6) is 0.0902. The summed E-state index contributed by atoms with van der Waals surface area (Å²) in [7, 11) is 0. The molecule has 148 valence electrons. The summed E-state index contributed by atoms with van der Waals surface area (Å²) >= 11 is 0. The van der Waals surface area contributed by atoms with Crippen LogP contribution in [-0.2, 0) is 11.2 Å². The number of aryl methyl sites for hydroxylation is 1.